The summed E-state index contributed by atoms with van der Waals surface area (Å²) in [5, 5.41) is 6.16. The van der Waals surface area contributed by atoms with Crippen molar-refractivity contribution in [2.24, 2.45) is 0 Å². The number of thiazole rings is 1. The summed E-state index contributed by atoms with van der Waals surface area (Å²) >= 11 is 4.99. The topological polar surface area (TPSA) is 42.7 Å². The molecule has 0 spiro atoms. The Labute approximate surface area is 123 Å². The van der Waals surface area contributed by atoms with E-state index in [1.165, 1.54) is 0 Å². The first-order valence-corrected chi connectivity index (χ1v) is 7.38. The Morgan fingerprint density at radius 3 is 2.74 bits per heavy atom. The van der Waals surface area contributed by atoms with Crippen molar-refractivity contribution in [3.05, 3.63) is 52.3 Å². The fourth-order valence-corrected chi connectivity index (χ4v) is 2.68. The van der Waals surface area contributed by atoms with E-state index in [2.05, 4.69) is 31.2 Å². The molecule has 0 atom stereocenters. The van der Waals surface area contributed by atoms with Crippen LogP contribution in [0.25, 0.3) is 5.82 Å². The number of nitrogens with zero attached hydrogens (tertiary/aromatic N) is 3. The van der Waals surface area contributed by atoms with Gasteiger partial charge in [-0.3, -0.25) is 4.57 Å². The Hall–Kier alpha value is -1.66. The maximum Gasteiger partial charge on any atom is 0.189 e. The number of imidazole rings is 1. The van der Waals surface area contributed by atoms with Crippen molar-refractivity contribution in [2.75, 3.05) is 5.32 Å². The van der Waals surface area contributed by atoms with E-state index < -0.39 is 0 Å². The number of hydrogen-bond donors (Lipinski definition) is 1. The molecule has 0 bridgehead atoms. The second kappa shape index (κ2) is 5.14. The zero-order chi connectivity index (χ0) is 13.2. The van der Waals surface area contributed by atoms with Crippen molar-refractivity contribution in [3.8, 4) is 5.82 Å². The number of rotatable bonds is 3. The highest BCUT2D eigenvalue weighted by molar-refractivity contribution is 9.10. The quantitative estimate of drug-likeness (QED) is 0.782. The van der Waals surface area contributed by atoms with Crippen LogP contribution in [0, 0.1) is 6.92 Å². The smallest absolute Gasteiger partial charge is 0.189 e. The lowest BCUT2D eigenvalue weighted by atomic mass is 10.3. The van der Waals surface area contributed by atoms with Crippen LogP contribution >= 0.6 is 27.3 Å². The van der Waals surface area contributed by atoms with Gasteiger partial charge in [0.05, 0.1) is 0 Å². The van der Waals surface area contributed by atoms with Gasteiger partial charge in [0.2, 0.25) is 0 Å². The fourth-order valence-electron chi connectivity index (χ4n) is 1.71. The van der Waals surface area contributed by atoms with Crippen molar-refractivity contribution in [2.45, 2.75) is 6.92 Å². The molecule has 0 amide bonds. The molecule has 0 unspecified atom stereocenters. The number of hydrogen-bond acceptors (Lipinski definition) is 4. The Morgan fingerprint density at radius 1 is 1.26 bits per heavy atom. The number of aryl methyl sites for hydroxylation is 1. The molecule has 0 aliphatic rings. The van der Waals surface area contributed by atoms with Crippen LogP contribution in [0.1, 0.15) is 5.82 Å². The molecule has 1 aromatic carbocycles. The van der Waals surface area contributed by atoms with Crippen molar-refractivity contribution >= 4 is 38.1 Å². The molecular formula is C13H11BrN4S. The fraction of sp³-hybridized carbons (Fsp3) is 0.0769. The monoisotopic (exact) mass is 334 g/mol. The number of nitrogens with one attached hydrogen (secondary N) is 1. The van der Waals surface area contributed by atoms with Gasteiger partial charge >= 0.3 is 0 Å². The maximum absolute atomic E-state index is 4.55. The van der Waals surface area contributed by atoms with E-state index in [1.54, 1.807) is 17.5 Å². The summed E-state index contributed by atoms with van der Waals surface area (Å²) in [5.41, 5.74) is 1.02. The minimum atomic E-state index is 0.866. The van der Waals surface area contributed by atoms with Gasteiger partial charge in [-0.25, -0.2) is 9.97 Å². The minimum absolute atomic E-state index is 0.866. The van der Waals surface area contributed by atoms with E-state index >= 15 is 0 Å². The van der Waals surface area contributed by atoms with Gasteiger partial charge in [-0.2, -0.15) is 0 Å². The molecule has 3 aromatic rings. The Kier molecular flexibility index (Phi) is 3.35. The van der Waals surface area contributed by atoms with Crippen molar-refractivity contribution in [1.29, 1.82) is 0 Å². The highest BCUT2D eigenvalue weighted by Gasteiger charge is 2.06. The van der Waals surface area contributed by atoms with E-state index in [4.69, 9.17) is 0 Å². The van der Waals surface area contributed by atoms with Gasteiger partial charge in [0.15, 0.2) is 10.9 Å². The average Bonchev–Trinajstić information content (AvgIpc) is 3.01. The van der Waals surface area contributed by atoms with Gasteiger partial charge in [0, 0.05) is 27.9 Å². The molecule has 0 saturated heterocycles. The number of anilines is 2. The third kappa shape index (κ3) is 2.69. The third-order valence-electron chi connectivity index (χ3n) is 2.66. The summed E-state index contributed by atoms with van der Waals surface area (Å²) in [7, 11) is 0. The molecule has 4 nitrogen and oxygen atoms in total. The van der Waals surface area contributed by atoms with Crippen LogP contribution in [0.2, 0.25) is 0 Å². The van der Waals surface area contributed by atoms with Crippen molar-refractivity contribution in [3.63, 3.8) is 0 Å². The first-order chi connectivity index (χ1) is 9.22. The number of benzene rings is 1. The van der Waals surface area contributed by atoms with Gasteiger partial charge < -0.3 is 5.32 Å². The molecule has 2 heterocycles. The summed E-state index contributed by atoms with van der Waals surface area (Å²) in [4.78, 5) is 8.75. The summed E-state index contributed by atoms with van der Waals surface area (Å²) in [6, 6.07) is 8.01. The van der Waals surface area contributed by atoms with E-state index in [0.717, 1.165) is 26.9 Å². The highest BCUT2D eigenvalue weighted by Crippen LogP contribution is 2.24. The molecule has 0 aliphatic heterocycles. The molecule has 0 radical (unpaired) electrons. The molecule has 0 saturated carbocycles. The van der Waals surface area contributed by atoms with Crippen LogP contribution in [0.3, 0.4) is 0 Å². The first-order valence-electron chi connectivity index (χ1n) is 5.71. The molecule has 1 N–H and O–H groups in total. The van der Waals surface area contributed by atoms with E-state index in [9.17, 15) is 0 Å². The number of aromatic nitrogens is 3. The summed E-state index contributed by atoms with van der Waals surface area (Å²) in [6.45, 7) is 1.96. The maximum atomic E-state index is 4.55. The van der Waals surface area contributed by atoms with Crippen LogP contribution < -0.4 is 5.32 Å². The van der Waals surface area contributed by atoms with E-state index in [0.29, 0.717) is 0 Å². The van der Waals surface area contributed by atoms with Gasteiger partial charge in [-0.05, 0) is 31.2 Å². The molecule has 0 fully saturated rings. The van der Waals surface area contributed by atoms with Crippen LogP contribution in [0.4, 0.5) is 10.8 Å². The standard InChI is InChI=1S/C13H11BrN4S/c1-9-15-6-7-18(9)12-8-19-13(17-12)16-11-4-2-10(14)3-5-11/h2-8H,1H3,(H,16,17). The Bertz CT molecular complexity index is 687. The second-order valence-electron chi connectivity index (χ2n) is 3.99. The summed E-state index contributed by atoms with van der Waals surface area (Å²) < 4.78 is 3.02. The summed E-state index contributed by atoms with van der Waals surface area (Å²) in [6.07, 6.45) is 3.68. The SMILES string of the molecule is Cc1nccn1-c1csc(Nc2ccc(Br)cc2)n1. The van der Waals surface area contributed by atoms with Gasteiger partial charge in [0.25, 0.3) is 0 Å². The zero-order valence-electron chi connectivity index (χ0n) is 10.2. The average molecular weight is 335 g/mol. The largest absolute Gasteiger partial charge is 0.331 e. The van der Waals surface area contributed by atoms with Gasteiger partial charge in [-0.15, -0.1) is 11.3 Å². The lowest BCUT2D eigenvalue weighted by Gasteiger charge is -2.02. The predicted molar refractivity (Wildman–Crippen MR) is 81.4 cm³/mol. The molecule has 2 aromatic heterocycles. The predicted octanol–water partition coefficient (Wildman–Crippen LogP) is 4.14. The zero-order valence-corrected chi connectivity index (χ0v) is 12.6. The third-order valence-corrected chi connectivity index (χ3v) is 3.93. The van der Waals surface area contributed by atoms with Crippen LogP contribution in [0.5, 0.6) is 0 Å². The van der Waals surface area contributed by atoms with E-state index in [-0.39, 0.29) is 0 Å². The first kappa shape index (κ1) is 12.4. The molecule has 19 heavy (non-hydrogen) atoms. The van der Waals surface area contributed by atoms with Crippen LogP contribution in [-0.4, -0.2) is 14.5 Å². The van der Waals surface area contributed by atoms with Gasteiger partial charge in [-0.1, -0.05) is 15.9 Å². The van der Waals surface area contributed by atoms with Crippen LogP contribution in [-0.2, 0) is 0 Å². The summed E-state index contributed by atoms with van der Waals surface area (Å²) in [5.74, 6) is 1.82. The molecular weight excluding hydrogens is 324 g/mol. The molecule has 96 valence electrons. The Morgan fingerprint density at radius 2 is 2.05 bits per heavy atom. The molecule has 3 rings (SSSR count). The molecule has 6 heteroatoms. The minimum Gasteiger partial charge on any atom is -0.331 e. The molecule has 0 aliphatic carbocycles. The van der Waals surface area contributed by atoms with Crippen molar-refractivity contribution in [1.82, 2.24) is 14.5 Å². The van der Waals surface area contributed by atoms with Gasteiger partial charge in [0.1, 0.15) is 5.82 Å². The van der Waals surface area contributed by atoms with Crippen molar-refractivity contribution < 1.29 is 0 Å². The normalized spacial score (nSPS) is 10.6. The van der Waals surface area contributed by atoms with Crippen LogP contribution in [0.15, 0.2) is 46.5 Å². The lowest BCUT2D eigenvalue weighted by molar-refractivity contribution is 0.945. The number of halogens is 1. The van der Waals surface area contributed by atoms with E-state index in [1.807, 2.05) is 47.3 Å². The lowest BCUT2D eigenvalue weighted by Crippen LogP contribution is -1.96. The second-order valence-corrected chi connectivity index (χ2v) is 5.76. The highest BCUT2D eigenvalue weighted by atomic mass is 79.9. The Balaban J connectivity index is 1.82.